The molecule has 3 saturated carbocycles. The van der Waals surface area contributed by atoms with Crippen molar-refractivity contribution in [1.82, 2.24) is 9.97 Å². The molecule has 4 aliphatic carbocycles. The minimum absolute atomic E-state index is 0.0963. The van der Waals surface area contributed by atoms with Crippen LogP contribution in [0.1, 0.15) is 76.8 Å². The van der Waals surface area contributed by atoms with E-state index in [0.29, 0.717) is 16.7 Å². The summed E-state index contributed by atoms with van der Waals surface area (Å²) in [4.78, 5) is 7.72. The molecule has 0 unspecified atom stereocenters. The molecule has 0 bridgehead atoms. The van der Waals surface area contributed by atoms with E-state index in [9.17, 15) is 5.11 Å². The molecule has 0 aromatic carbocycles. The topological polar surface area (TPSA) is 48.9 Å². The number of imidazole rings is 1. The highest BCUT2D eigenvalue weighted by Gasteiger charge is 2.58. The number of nitrogens with one attached hydrogen (secondary N) is 1. The third-order valence-corrected chi connectivity index (χ3v) is 8.97. The summed E-state index contributed by atoms with van der Waals surface area (Å²) in [5.41, 5.74) is 3.74. The second-order valence-electron chi connectivity index (χ2n) is 9.84. The molecule has 3 heteroatoms. The summed E-state index contributed by atoms with van der Waals surface area (Å²) >= 11 is 0. The molecular weight excluding hydrogens is 308 g/mol. The zero-order valence-corrected chi connectivity index (χ0v) is 15.7. The molecule has 25 heavy (non-hydrogen) atoms. The van der Waals surface area contributed by atoms with E-state index in [4.69, 9.17) is 0 Å². The van der Waals surface area contributed by atoms with Crippen LogP contribution in [-0.4, -0.2) is 21.2 Å². The Bertz CT molecular complexity index is 680. The fourth-order valence-electron chi connectivity index (χ4n) is 7.61. The number of aromatic amines is 1. The Morgan fingerprint density at radius 3 is 2.80 bits per heavy atom. The van der Waals surface area contributed by atoms with Crippen LogP contribution in [0.15, 0.2) is 24.2 Å². The van der Waals surface area contributed by atoms with Gasteiger partial charge in [-0.2, -0.15) is 0 Å². The van der Waals surface area contributed by atoms with Crippen molar-refractivity contribution >= 4 is 0 Å². The van der Waals surface area contributed by atoms with Crippen molar-refractivity contribution in [2.24, 2.45) is 28.6 Å². The van der Waals surface area contributed by atoms with Crippen molar-refractivity contribution in [3.8, 4) is 0 Å². The largest absolute Gasteiger partial charge is 0.393 e. The molecule has 1 aromatic rings. The molecule has 0 saturated heterocycles. The standard InChI is InChI=1S/C22H32N2O/c1-21-9-7-15(25)11-14(21)3-4-16-17-5-6-19(20-12-23-13-24-20)22(17,2)10-8-18(16)21/h3,12-13,15-19,25H,4-11H2,1-2H3,(H,23,24)/t15-,16+,17+,18+,19-,21+,22+/m1/s1. The Labute approximate surface area is 151 Å². The summed E-state index contributed by atoms with van der Waals surface area (Å²) < 4.78 is 0. The molecule has 136 valence electrons. The number of fused-ring (bicyclic) bond motifs is 5. The molecule has 4 aliphatic rings. The molecule has 0 aliphatic heterocycles. The number of hydrogen-bond donors (Lipinski definition) is 2. The van der Waals surface area contributed by atoms with Gasteiger partial charge in [0.05, 0.1) is 12.4 Å². The van der Waals surface area contributed by atoms with E-state index >= 15 is 0 Å². The average Bonchev–Trinajstić information content (AvgIpc) is 3.22. The van der Waals surface area contributed by atoms with E-state index in [0.717, 1.165) is 30.6 Å². The summed E-state index contributed by atoms with van der Waals surface area (Å²) in [5, 5.41) is 10.1. The van der Waals surface area contributed by atoms with E-state index in [1.807, 2.05) is 6.33 Å². The minimum atomic E-state index is -0.0963. The zero-order chi connectivity index (χ0) is 17.2. The third kappa shape index (κ3) is 2.17. The van der Waals surface area contributed by atoms with Crippen molar-refractivity contribution in [3.05, 3.63) is 29.9 Å². The highest BCUT2D eigenvalue weighted by atomic mass is 16.3. The maximum atomic E-state index is 10.1. The predicted octanol–water partition coefficient (Wildman–Crippen LogP) is 4.82. The third-order valence-electron chi connectivity index (χ3n) is 8.97. The van der Waals surface area contributed by atoms with Gasteiger partial charge in [0.25, 0.3) is 0 Å². The molecule has 1 aromatic heterocycles. The van der Waals surface area contributed by atoms with Gasteiger partial charge >= 0.3 is 0 Å². The SMILES string of the molecule is C[C@]12CC[C@H]3[C@@H](CC=C4C[C@H](O)CC[C@@]43C)[C@@H]1CC[C@@H]2c1cnc[nH]1. The van der Waals surface area contributed by atoms with E-state index in [1.54, 1.807) is 5.57 Å². The van der Waals surface area contributed by atoms with E-state index < -0.39 is 0 Å². The van der Waals surface area contributed by atoms with Crippen LogP contribution in [-0.2, 0) is 0 Å². The first-order valence-electron chi connectivity index (χ1n) is 10.4. The summed E-state index contributed by atoms with van der Waals surface area (Å²) in [6, 6.07) is 0. The Balaban J connectivity index is 1.47. The van der Waals surface area contributed by atoms with Gasteiger partial charge in [-0.25, -0.2) is 4.98 Å². The minimum Gasteiger partial charge on any atom is -0.393 e. The average molecular weight is 341 g/mol. The smallest absolute Gasteiger partial charge is 0.0921 e. The lowest BCUT2D eigenvalue weighted by Gasteiger charge is -2.58. The van der Waals surface area contributed by atoms with Gasteiger partial charge in [0, 0.05) is 17.8 Å². The van der Waals surface area contributed by atoms with Gasteiger partial charge in [-0.15, -0.1) is 0 Å². The van der Waals surface area contributed by atoms with Gasteiger partial charge in [0.1, 0.15) is 0 Å². The molecule has 0 spiro atoms. The van der Waals surface area contributed by atoms with Crippen LogP contribution in [0.2, 0.25) is 0 Å². The van der Waals surface area contributed by atoms with E-state index in [-0.39, 0.29) is 6.10 Å². The highest BCUT2D eigenvalue weighted by Crippen LogP contribution is 2.67. The fourth-order valence-corrected chi connectivity index (χ4v) is 7.61. The number of rotatable bonds is 1. The quantitative estimate of drug-likeness (QED) is 0.720. The van der Waals surface area contributed by atoms with Crippen LogP contribution in [0.25, 0.3) is 0 Å². The lowest BCUT2D eigenvalue weighted by atomic mass is 9.47. The summed E-state index contributed by atoms with van der Waals surface area (Å²) in [7, 11) is 0. The normalized spacial score (nSPS) is 49.1. The fraction of sp³-hybridized carbons (Fsp3) is 0.773. The van der Waals surface area contributed by atoms with Crippen molar-refractivity contribution in [3.63, 3.8) is 0 Å². The summed E-state index contributed by atoms with van der Waals surface area (Å²) in [6.07, 6.45) is 16.1. The highest BCUT2D eigenvalue weighted by molar-refractivity contribution is 5.26. The zero-order valence-electron chi connectivity index (χ0n) is 15.7. The molecule has 1 heterocycles. The Morgan fingerprint density at radius 1 is 1.12 bits per heavy atom. The van der Waals surface area contributed by atoms with Crippen LogP contribution in [0.3, 0.4) is 0 Å². The summed E-state index contributed by atoms with van der Waals surface area (Å²) in [5.74, 6) is 3.18. The monoisotopic (exact) mass is 340 g/mol. The lowest BCUT2D eigenvalue weighted by Crippen LogP contribution is -2.50. The Morgan fingerprint density at radius 2 is 2.00 bits per heavy atom. The number of aliphatic hydroxyl groups is 1. The van der Waals surface area contributed by atoms with Crippen LogP contribution in [0.5, 0.6) is 0 Å². The van der Waals surface area contributed by atoms with Gasteiger partial charge in [-0.3, -0.25) is 0 Å². The van der Waals surface area contributed by atoms with E-state index in [2.05, 4.69) is 36.1 Å². The molecule has 5 rings (SSSR count). The van der Waals surface area contributed by atoms with Crippen LogP contribution < -0.4 is 0 Å². The number of hydrogen-bond acceptors (Lipinski definition) is 2. The van der Waals surface area contributed by atoms with Crippen molar-refractivity contribution in [2.75, 3.05) is 0 Å². The molecule has 3 fully saturated rings. The molecule has 3 nitrogen and oxygen atoms in total. The van der Waals surface area contributed by atoms with Crippen LogP contribution in [0.4, 0.5) is 0 Å². The number of nitrogens with zero attached hydrogens (tertiary/aromatic N) is 1. The van der Waals surface area contributed by atoms with Crippen LogP contribution >= 0.6 is 0 Å². The first kappa shape index (κ1) is 16.1. The summed E-state index contributed by atoms with van der Waals surface area (Å²) in [6.45, 7) is 5.09. The molecule has 0 radical (unpaired) electrons. The molecular formula is C22H32N2O. The lowest BCUT2D eigenvalue weighted by molar-refractivity contribution is -0.0412. The van der Waals surface area contributed by atoms with E-state index in [1.165, 1.54) is 44.2 Å². The number of aliphatic hydroxyl groups excluding tert-OH is 1. The van der Waals surface area contributed by atoms with Gasteiger partial charge in [0.15, 0.2) is 0 Å². The Hall–Kier alpha value is -1.09. The van der Waals surface area contributed by atoms with Crippen molar-refractivity contribution in [1.29, 1.82) is 0 Å². The number of H-pyrrole nitrogens is 1. The first-order valence-corrected chi connectivity index (χ1v) is 10.4. The first-order chi connectivity index (χ1) is 12.0. The maximum Gasteiger partial charge on any atom is 0.0921 e. The molecule has 2 N–H and O–H groups in total. The van der Waals surface area contributed by atoms with Gasteiger partial charge in [0.2, 0.25) is 0 Å². The van der Waals surface area contributed by atoms with Crippen molar-refractivity contribution < 1.29 is 5.11 Å². The van der Waals surface area contributed by atoms with Crippen molar-refractivity contribution in [2.45, 2.75) is 77.2 Å². The number of allylic oxidation sites excluding steroid dienone is 1. The van der Waals surface area contributed by atoms with Gasteiger partial charge in [-0.05, 0) is 80.0 Å². The van der Waals surface area contributed by atoms with Gasteiger partial charge in [-0.1, -0.05) is 25.5 Å². The van der Waals surface area contributed by atoms with Gasteiger partial charge < -0.3 is 10.1 Å². The predicted molar refractivity (Wildman–Crippen MR) is 99.0 cm³/mol. The second-order valence-corrected chi connectivity index (χ2v) is 9.84. The Kier molecular flexibility index (Phi) is 3.51. The molecule has 0 amide bonds. The van der Waals surface area contributed by atoms with Crippen LogP contribution in [0, 0.1) is 28.6 Å². The molecule has 7 atom stereocenters. The second kappa shape index (κ2) is 5.45. The number of aromatic nitrogens is 2. The maximum absolute atomic E-state index is 10.1.